The molecule has 0 spiro atoms. The highest BCUT2D eigenvalue weighted by molar-refractivity contribution is 7.09. The molecule has 19 heavy (non-hydrogen) atoms. The molecule has 1 heterocycles. The van der Waals surface area contributed by atoms with Crippen molar-refractivity contribution >= 4 is 17.2 Å². The molecular formula is C13H14N2O3S. The average molecular weight is 278 g/mol. The molecule has 6 heteroatoms. The van der Waals surface area contributed by atoms with Crippen LogP contribution in [0, 0.1) is 6.92 Å². The van der Waals surface area contributed by atoms with Crippen molar-refractivity contribution in [2.75, 3.05) is 7.11 Å². The standard InChI is InChI=1S/C13H14N2O3S/c1-9-8-19-12(14-9)7-18-11-5-3-10(4-6-11)13(16)15-17-2/h3-6,8H,7H2,1-2H3,(H,15,16). The number of carbonyl (C=O) groups is 1. The Kier molecular flexibility index (Phi) is 4.48. The fraction of sp³-hybridized carbons (Fsp3) is 0.231. The van der Waals surface area contributed by atoms with Gasteiger partial charge in [0.1, 0.15) is 17.4 Å². The lowest BCUT2D eigenvalue weighted by Gasteiger charge is -2.05. The Hall–Kier alpha value is -1.92. The number of thiazole rings is 1. The smallest absolute Gasteiger partial charge is 0.274 e. The van der Waals surface area contributed by atoms with E-state index in [2.05, 4.69) is 15.3 Å². The Morgan fingerprint density at radius 2 is 2.11 bits per heavy atom. The van der Waals surface area contributed by atoms with Gasteiger partial charge in [-0.2, -0.15) is 0 Å². The van der Waals surface area contributed by atoms with Gasteiger partial charge in [0, 0.05) is 16.6 Å². The molecule has 0 saturated heterocycles. The SMILES string of the molecule is CONC(=O)c1ccc(OCc2nc(C)cs2)cc1. The molecule has 1 N–H and O–H groups in total. The van der Waals surface area contributed by atoms with E-state index in [9.17, 15) is 4.79 Å². The Balaban J connectivity index is 1.93. The van der Waals surface area contributed by atoms with Gasteiger partial charge >= 0.3 is 0 Å². The molecule has 100 valence electrons. The molecule has 1 aromatic heterocycles. The lowest BCUT2D eigenvalue weighted by Crippen LogP contribution is -2.21. The maximum atomic E-state index is 11.5. The minimum Gasteiger partial charge on any atom is -0.486 e. The molecule has 0 unspecified atom stereocenters. The van der Waals surface area contributed by atoms with Crippen molar-refractivity contribution in [1.82, 2.24) is 10.5 Å². The first kappa shape index (κ1) is 13.5. The summed E-state index contributed by atoms with van der Waals surface area (Å²) in [4.78, 5) is 20.3. The predicted molar refractivity (Wildman–Crippen MR) is 72.1 cm³/mol. The highest BCUT2D eigenvalue weighted by Crippen LogP contribution is 2.16. The summed E-state index contributed by atoms with van der Waals surface area (Å²) in [5, 5.41) is 2.91. The van der Waals surface area contributed by atoms with Crippen LogP contribution in [0.2, 0.25) is 0 Å². The van der Waals surface area contributed by atoms with Gasteiger partial charge in [0.2, 0.25) is 0 Å². The molecule has 0 aliphatic heterocycles. The van der Waals surface area contributed by atoms with Crippen molar-refractivity contribution in [2.45, 2.75) is 13.5 Å². The highest BCUT2D eigenvalue weighted by atomic mass is 32.1. The molecule has 0 atom stereocenters. The van der Waals surface area contributed by atoms with Crippen LogP contribution in [-0.2, 0) is 11.4 Å². The van der Waals surface area contributed by atoms with Gasteiger partial charge < -0.3 is 4.74 Å². The van der Waals surface area contributed by atoms with Gasteiger partial charge in [-0.1, -0.05) is 0 Å². The van der Waals surface area contributed by atoms with E-state index in [4.69, 9.17) is 4.74 Å². The van der Waals surface area contributed by atoms with E-state index in [0.717, 1.165) is 10.7 Å². The molecule has 5 nitrogen and oxygen atoms in total. The summed E-state index contributed by atoms with van der Waals surface area (Å²) in [6.45, 7) is 2.38. The molecule has 2 rings (SSSR count). The average Bonchev–Trinajstić information content (AvgIpc) is 2.83. The maximum absolute atomic E-state index is 11.5. The number of hydrogen-bond acceptors (Lipinski definition) is 5. The number of aryl methyl sites for hydroxylation is 1. The van der Waals surface area contributed by atoms with Gasteiger partial charge in [0.25, 0.3) is 5.91 Å². The van der Waals surface area contributed by atoms with E-state index in [1.54, 1.807) is 35.6 Å². The van der Waals surface area contributed by atoms with Gasteiger partial charge in [-0.25, -0.2) is 10.5 Å². The summed E-state index contributed by atoms with van der Waals surface area (Å²) < 4.78 is 5.59. The fourth-order valence-electron chi connectivity index (χ4n) is 1.47. The Morgan fingerprint density at radius 3 is 2.68 bits per heavy atom. The van der Waals surface area contributed by atoms with Crippen LogP contribution in [0.3, 0.4) is 0 Å². The Morgan fingerprint density at radius 1 is 1.37 bits per heavy atom. The van der Waals surface area contributed by atoms with E-state index < -0.39 is 0 Å². The fourth-order valence-corrected chi connectivity index (χ4v) is 2.15. The second-order valence-corrected chi connectivity index (χ2v) is 4.77. The summed E-state index contributed by atoms with van der Waals surface area (Å²) in [6.07, 6.45) is 0. The van der Waals surface area contributed by atoms with Crippen LogP contribution < -0.4 is 10.2 Å². The number of benzene rings is 1. The number of carbonyl (C=O) groups excluding carboxylic acids is 1. The zero-order valence-electron chi connectivity index (χ0n) is 10.7. The van der Waals surface area contributed by atoms with E-state index in [-0.39, 0.29) is 5.91 Å². The molecule has 0 radical (unpaired) electrons. The second kappa shape index (κ2) is 6.31. The molecule has 0 fully saturated rings. The van der Waals surface area contributed by atoms with Gasteiger partial charge in [0.05, 0.1) is 7.11 Å². The number of aromatic nitrogens is 1. The number of hydrogen-bond donors (Lipinski definition) is 1. The minimum absolute atomic E-state index is 0.287. The zero-order chi connectivity index (χ0) is 13.7. The quantitative estimate of drug-likeness (QED) is 0.853. The number of nitrogens with one attached hydrogen (secondary N) is 1. The molecule has 0 bridgehead atoms. The summed E-state index contributed by atoms with van der Waals surface area (Å²) in [5.74, 6) is 0.409. The normalized spacial score (nSPS) is 10.2. The van der Waals surface area contributed by atoms with E-state index in [1.807, 2.05) is 12.3 Å². The van der Waals surface area contributed by atoms with Gasteiger partial charge in [-0.15, -0.1) is 11.3 Å². The van der Waals surface area contributed by atoms with Crippen molar-refractivity contribution in [1.29, 1.82) is 0 Å². The Bertz CT molecular complexity index is 551. The second-order valence-electron chi connectivity index (χ2n) is 3.83. The topological polar surface area (TPSA) is 60.5 Å². The van der Waals surface area contributed by atoms with E-state index in [1.165, 1.54) is 7.11 Å². The van der Waals surface area contributed by atoms with Crippen LogP contribution in [-0.4, -0.2) is 18.0 Å². The number of rotatable bonds is 5. The third-order valence-corrected chi connectivity index (χ3v) is 3.28. The highest BCUT2D eigenvalue weighted by Gasteiger charge is 2.05. The molecule has 2 aromatic rings. The van der Waals surface area contributed by atoms with Gasteiger partial charge in [-0.3, -0.25) is 9.63 Å². The first-order chi connectivity index (χ1) is 9.19. The van der Waals surface area contributed by atoms with E-state index >= 15 is 0 Å². The molecular weight excluding hydrogens is 264 g/mol. The van der Waals surface area contributed by atoms with Gasteiger partial charge in [0.15, 0.2) is 0 Å². The first-order valence-electron chi connectivity index (χ1n) is 5.66. The van der Waals surface area contributed by atoms with Crippen LogP contribution in [0.15, 0.2) is 29.6 Å². The summed E-state index contributed by atoms with van der Waals surface area (Å²) >= 11 is 1.57. The summed E-state index contributed by atoms with van der Waals surface area (Å²) in [6, 6.07) is 6.84. The lowest BCUT2D eigenvalue weighted by atomic mass is 10.2. The first-order valence-corrected chi connectivity index (χ1v) is 6.54. The summed E-state index contributed by atoms with van der Waals surface area (Å²) in [5.41, 5.74) is 3.76. The van der Waals surface area contributed by atoms with Crippen LogP contribution in [0.25, 0.3) is 0 Å². The lowest BCUT2D eigenvalue weighted by molar-refractivity contribution is 0.0537. The largest absolute Gasteiger partial charge is 0.486 e. The van der Waals surface area contributed by atoms with Crippen LogP contribution in [0.4, 0.5) is 0 Å². The minimum atomic E-state index is -0.287. The van der Waals surface area contributed by atoms with E-state index in [0.29, 0.717) is 17.9 Å². The van der Waals surface area contributed by atoms with Crippen molar-refractivity contribution < 1.29 is 14.4 Å². The molecule has 1 aromatic carbocycles. The number of hydroxylamine groups is 1. The number of nitrogens with zero attached hydrogens (tertiary/aromatic N) is 1. The number of ether oxygens (including phenoxy) is 1. The molecule has 0 aliphatic rings. The molecule has 0 saturated carbocycles. The van der Waals surface area contributed by atoms with Crippen molar-refractivity contribution in [2.24, 2.45) is 0 Å². The van der Waals surface area contributed by atoms with Gasteiger partial charge in [-0.05, 0) is 31.2 Å². The van der Waals surface area contributed by atoms with Crippen molar-refractivity contribution in [3.8, 4) is 5.75 Å². The monoisotopic (exact) mass is 278 g/mol. The number of amides is 1. The third-order valence-electron chi connectivity index (χ3n) is 2.34. The Labute approximate surface area is 115 Å². The summed E-state index contributed by atoms with van der Waals surface area (Å²) in [7, 11) is 1.39. The van der Waals surface area contributed by atoms with Crippen molar-refractivity contribution in [3.63, 3.8) is 0 Å². The maximum Gasteiger partial charge on any atom is 0.274 e. The van der Waals surface area contributed by atoms with Crippen LogP contribution in [0.5, 0.6) is 5.75 Å². The van der Waals surface area contributed by atoms with Crippen molar-refractivity contribution in [3.05, 3.63) is 45.9 Å². The zero-order valence-corrected chi connectivity index (χ0v) is 11.5. The van der Waals surface area contributed by atoms with Crippen LogP contribution in [0.1, 0.15) is 21.1 Å². The molecule has 0 aliphatic carbocycles. The molecule has 1 amide bonds. The predicted octanol–water partition coefficient (Wildman–Crippen LogP) is 2.32. The van der Waals surface area contributed by atoms with Crippen LogP contribution >= 0.6 is 11.3 Å². The third kappa shape index (κ3) is 3.77.